The first kappa shape index (κ1) is 27.5. The van der Waals surface area contributed by atoms with Crippen LogP contribution >= 0.6 is 0 Å². The van der Waals surface area contributed by atoms with Crippen molar-refractivity contribution in [3.8, 4) is 27.9 Å². The Morgan fingerprint density at radius 3 is 1.49 bits per heavy atom. The van der Waals surface area contributed by atoms with Crippen LogP contribution in [0.25, 0.3) is 49.7 Å². The van der Waals surface area contributed by atoms with Crippen molar-refractivity contribution in [1.29, 1.82) is 0 Å². The molecular formula is C45H34N2. The Morgan fingerprint density at radius 2 is 0.894 bits per heavy atom. The van der Waals surface area contributed by atoms with Crippen molar-refractivity contribution in [1.82, 2.24) is 4.57 Å². The van der Waals surface area contributed by atoms with Crippen molar-refractivity contribution >= 4 is 38.9 Å². The second kappa shape index (κ2) is 10.6. The molecule has 0 radical (unpaired) electrons. The summed E-state index contributed by atoms with van der Waals surface area (Å²) in [6, 6.07) is 61.7. The van der Waals surface area contributed by atoms with E-state index in [1.807, 2.05) is 0 Å². The molecule has 0 saturated heterocycles. The minimum Gasteiger partial charge on any atom is -0.311 e. The van der Waals surface area contributed by atoms with E-state index in [0.717, 1.165) is 17.1 Å². The van der Waals surface area contributed by atoms with Crippen molar-refractivity contribution in [2.75, 3.05) is 4.90 Å². The maximum Gasteiger partial charge on any atom is 0.0541 e. The summed E-state index contributed by atoms with van der Waals surface area (Å²) in [4.78, 5) is 2.31. The Morgan fingerprint density at radius 1 is 0.426 bits per heavy atom. The Kier molecular flexibility index (Phi) is 6.20. The first-order valence-corrected chi connectivity index (χ1v) is 16.4. The Hall–Kier alpha value is -5.86. The van der Waals surface area contributed by atoms with E-state index in [-0.39, 0.29) is 5.41 Å². The van der Waals surface area contributed by atoms with Gasteiger partial charge in [0.05, 0.1) is 11.0 Å². The van der Waals surface area contributed by atoms with E-state index in [1.54, 1.807) is 0 Å². The third kappa shape index (κ3) is 4.33. The van der Waals surface area contributed by atoms with E-state index in [4.69, 9.17) is 0 Å². The number of anilines is 3. The van der Waals surface area contributed by atoms with Gasteiger partial charge in [-0.05, 0) is 100 Å². The molecule has 0 N–H and O–H groups in total. The third-order valence-electron chi connectivity index (χ3n) is 9.99. The molecule has 0 atom stereocenters. The molecule has 224 valence electrons. The Balaban J connectivity index is 1.09. The summed E-state index contributed by atoms with van der Waals surface area (Å²) in [6.45, 7) is 4.75. The molecule has 0 unspecified atom stereocenters. The van der Waals surface area contributed by atoms with Crippen LogP contribution in [0.4, 0.5) is 17.1 Å². The van der Waals surface area contributed by atoms with Crippen LogP contribution in [0.2, 0.25) is 0 Å². The largest absolute Gasteiger partial charge is 0.311 e. The van der Waals surface area contributed by atoms with Gasteiger partial charge in [-0.15, -0.1) is 0 Å². The molecule has 8 aromatic rings. The molecule has 0 fully saturated rings. The lowest BCUT2D eigenvalue weighted by Crippen LogP contribution is -2.15. The molecule has 1 aromatic heterocycles. The highest BCUT2D eigenvalue weighted by molar-refractivity contribution is 6.09. The lowest BCUT2D eigenvalue weighted by Gasteiger charge is -2.25. The smallest absolute Gasteiger partial charge is 0.0541 e. The van der Waals surface area contributed by atoms with Crippen molar-refractivity contribution in [3.63, 3.8) is 0 Å². The molecule has 1 heterocycles. The normalized spacial score (nSPS) is 13.1. The summed E-state index contributed by atoms with van der Waals surface area (Å²) in [5.74, 6) is 0. The fraction of sp³-hybridized carbons (Fsp3) is 0.0667. The van der Waals surface area contributed by atoms with E-state index in [9.17, 15) is 0 Å². The van der Waals surface area contributed by atoms with E-state index in [0.29, 0.717) is 0 Å². The Labute approximate surface area is 275 Å². The SMILES string of the molecule is CC1(C)c2cc(-c3ccc(N(c4ccccc4)c4ccccc4)cc3)ccc2-c2ccc(-n3c4ccccc4c4ccccc43)cc21. The van der Waals surface area contributed by atoms with Crippen LogP contribution in [0, 0.1) is 0 Å². The van der Waals surface area contributed by atoms with Crippen LogP contribution in [0.5, 0.6) is 0 Å². The van der Waals surface area contributed by atoms with Crippen molar-refractivity contribution in [2.24, 2.45) is 0 Å². The van der Waals surface area contributed by atoms with Crippen LogP contribution in [-0.2, 0) is 5.41 Å². The van der Waals surface area contributed by atoms with Gasteiger partial charge < -0.3 is 9.47 Å². The lowest BCUT2D eigenvalue weighted by atomic mass is 9.81. The third-order valence-corrected chi connectivity index (χ3v) is 9.99. The van der Waals surface area contributed by atoms with E-state index < -0.39 is 0 Å². The van der Waals surface area contributed by atoms with Crippen LogP contribution in [0.3, 0.4) is 0 Å². The average molecular weight is 603 g/mol. The molecule has 2 nitrogen and oxygen atoms in total. The molecule has 1 aliphatic carbocycles. The molecule has 2 heteroatoms. The van der Waals surface area contributed by atoms with Gasteiger partial charge in [0.25, 0.3) is 0 Å². The number of hydrogen-bond acceptors (Lipinski definition) is 1. The average Bonchev–Trinajstić information content (AvgIpc) is 3.58. The van der Waals surface area contributed by atoms with Gasteiger partial charge in [-0.25, -0.2) is 0 Å². The van der Waals surface area contributed by atoms with Crippen molar-refractivity contribution < 1.29 is 0 Å². The number of fused-ring (bicyclic) bond motifs is 6. The highest BCUT2D eigenvalue weighted by atomic mass is 15.1. The van der Waals surface area contributed by atoms with Gasteiger partial charge in [-0.3, -0.25) is 0 Å². The standard InChI is InChI=1S/C45H34N2/c1-45(2)41-29-32(31-21-24-35(25-22-31)46(33-13-5-3-6-14-33)34-15-7-4-8-16-34)23-27-37(41)38-28-26-36(30-42(38)45)47-43-19-11-9-17-39(43)40-18-10-12-20-44(40)47/h3-30H,1-2H3. The summed E-state index contributed by atoms with van der Waals surface area (Å²) in [6.07, 6.45) is 0. The molecule has 0 aliphatic heterocycles. The summed E-state index contributed by atoms with van der Waals surface area (Å²) in [5.41, 5.74) is 14.9. The molecule has 1 aliphatic rings. The second-order valence-electron chi connectivity index (χ2n) is 13.0. The van der Waals surface area contributed by atoms with E-state index >= 15 is 0 Å². The van der Waals surface area contributed by atoms with Crippen LogP contribution in [0.15, 0.2) is 170 Å². The number of benzene rings is 7. The van der Waals surface area contributed by atoms with Gasteiger partial charge in [0.15, 0.2) is 0 Å². The quantitative estimate of drug-likeness (QED) is 0.190. The van der Waals surface area contributed by atoms with Gasteiger partial charge in [0, 0.05) is 38.9 Å². The van der Waals surface area contributed by atoms with Gasteiger partial charge >= 0.3 is 0 Å². The van der Waals surface area contributed by atoms with Crippen LogP contribution in [-0.4, -0.2) is 4.57 Å². The highest BCUT2D eigenvalue weighted by Crippen LogP contribution is 2.50. The number of para-hydroxylation sites is 4. The fourth-order valence-electron chi connectivity index (χ4n) is 7.65. The zero-order valence-electron chi connectivity index (χ0n) is 26.6. The van der Waals surface area contributed by atoms with Gasteiger partial charge in [-0.1, -0.05) is 117 Å². The van der Waals surface area contributed by atoms with Crippen LogP contribution in [0.1, 0.15) is 25.0 Å². The first-order chi connectivity index (χ1) is 23.1. The van der Waals surface area contributed by atoms with E-state index in [1.165, 1.54) is 60.9 Å². The molecule has 0 amide bonds. The maximum absolute atomic E-state index is 2.42. The predicted octanol–water partition coefficient (Wildman–Crippen LogP) is 12.2. The fourth-order valence-corrected chi connectivity index (χ4v) is 7.65. The molecule has 0 spiro atoms. The summed E-state index contributed by atoms with van der Waals surface area (Å²) < 4.78 is 2.42. The zero-order chi connectivity index (χ0) is 31.5. The van der Waals surface area contributed by atoms with Gasteiger partial charge in [-0.2, -0.15) is 0 Å². The molecule has 9 rings (SSSR count). The van der Waals surface area contributed by atoms with Crippen molar-refractivity contribution in [2.45, 2.75) is 19.3 Å². The van der Waals surface area contributed by atoms with Gasteiger partial charge in [0.2, 0.25) is 0 Å². The number of aromatic nitrogens is 1. The lowest BCUT2D eigenvalue weighted by molar-refractivity contribution is 0.660. The summed E-state index contributed by atoms with van der Waals surface area (Å²) in [5, 5.41) is 2.58. The molecule has 7 aromatic carbocycles. The molecule has 47 heavy (non-hydrogen) atoms. The molecular weight excluding hydrogens is 569 g/mol. The maximum atomic E-state index is 2.42. The Bertz CT molecular complexity index is 2320. The predicted molar refractivity (Wildman–Crippen MR) is 198 cm³/mol. The minimum atomic E-state index is -0.132. The number of nitrogens with zero attached hydrogens (tertiary/aromatic N) is 2. The van der Waals surface area contributed by atoms with E-state index in [2.05, 4.69) is 193 Å². The van der Waals surface area contributed by atoms with Gasteiger partial charge in [0.1, 0.15) is 0 Å². The summed E-state index contributed by atoms with van der Waals surface area (Å²) in [7, 11) is 0. The molecule has 0 bridgehead atoms. The van der Waals surface area contributed by atoms with Crippen molar-refractivity contribution in [3.05, 3.63) is 181 Å². The second-order valence-corrected chi connectivity index (χ2v) is 13.0. The minimum absolute atomic E-state index is 0.132. The molecule has 0 saturated carbocycles. The summed E-state index contributed by atoms with van der Waals surface area (Å²) >= 11 is 0. The first-order valence-electron chi connectivity index (χ1n) is 16.4. The number of hydrogen-bond donors (Lipinski definition) is 0. The topological polar surface area (TPSA) is 8.17 Å². The zero-order valence-corrected chi connectivity index (χ0v) is 26.6. The van der Waals surface area contributed by atoms with Crippen LogP contribution < -0.4 is 4.90 Å². The highest BCUT2D eigenvalue weighted by Gasteiger charge is 2.36. The number of rotatable bonds is 5. The monoisotopic (exact) mass is 602 g/mol.